The predicted molar refractivity (Wildman–Crippen MR) is 70.2 cm³/mol. The van der Waals surface area contributed by atoms with Crippen LogP contribution in [-0.2, 0) is 0 Å². The Morgan fingerprint density at radius 2 is 2.18 bits per heavy atom. The van der Waals surface area contributed by atoms with Crippen molar-refractivity contribution in [2.24, 2.45) is 0 Å². The number of nitrogens with one attached hydrogen (secondary N) is 1. The molecule has 0 radical (unpaired) electrons. The quantitative estimate of drug-likeness (QED) is 0.873. The van der Waals surface area contributed by atoms with Crippen LogP contribution in [0.5, 0.6) is 0 Å². The molecule has 1 aliphatic heterocycles. The zero-order chi connectivity index (χ0) is 12.3. The summed E-state index contributed by atoms with van der Waals surface area (Å²) in [6.07, 6.45) is 3.42. The normalized spacial score (nSPS) is 22.2. The lowest BCUT2D eigenvalue weighted by atomic mass is 10.1. The summed E-state index contributed by atoms with van der Waals surface area (Å²) in [5.41, 5.74) is 0.821. The Labute approximate surface area is 107 Å². The Morgan fingerprint density at radius 3 is 2.94 bits per heavy atom. The number of nitrogens with zero attached hydrogens (tertiary/aromatic N) is 1. The van der Waals surface area contributed by atoms with E-state index in [1.165, 1.54) is 12.5 Å². The molecule has 1 heterocycles. The van der Waals surface area contributed by atoms with E-state index in [1.807, 2.05) is 6.07 Å². The van der Waals surface area contributed by atoms with Crippen LogP contribution >= 0.6 is 11.6 Å². The zero-order valence-electron chi connectivity index (χ0n) is 10.0. The van der Waals surface area contributed by atoms with E-state index in [4.69, 9.17) is 11.6 Å². The molecule has 0 spiro atoms. The first-order valence-electron chi connectivity index (χ1n) is 6.05. The minimum absolute atomic E-state index is 0.177. The molecule has 1 N–H and O–H groups in total. The van der Waals surface area contributed by atoms with Gasteiger partial charge >= 0.3 is 0 Å². The molecule has 0 amide bonds. The first-order valence-corrected chi connectivity index (χ1v) is 6.43. The molecule has 1 aromatic carbocycles. The average Bonchev–Trinajstić information content (AvgIpc) is 2.49. The third-order valence-corrected chi connectivity index (χ3v) is 3.55. The van der Waals surface area contributed by atoms with E-state index in [0.29, 0.717) is 6.04 Å². The number of hydrogen-bond donors (Lipinski definition) is 1. The van der Waals surface area contributed by atoms with Crippen LogP contribution in [-0.4, -0.2) is 31.1 Å². The summed E-state index contributed by atoms with van der Waals surface area (Å²) in [5.74, 6) is -0.359. The smallest absolute Gasteiger partial charge is 0.143 e. The second kappa shape index (κ2) is 5.69. The van der Waals surface area contributed by atoms with Crippen LogP contribution in [0.3, 0.4) is 0 Å². The zero-order valence-corrected chi connectivity index (χ0v) is 10.8. The lowest BCUT2D eigenvalue weighted by Gasteiger charge is -2.18. The molecule has 2 nitrogen and oxygen atoms in total. The van der Waals surface area contributed by atoms with Crippen molar-refractivity contribution in [1.82, 2.24) is 4.90 Å². The fourth-order valence-electron chi connectivity index (χ4n) is 2.21. The number of likely N-dealkylation sites (tertiary alicyclic amines) is 1. The van der Waals surface area contributed by atoms with Crippen molar-refractivity contribution >= 4 is 17.3 Å². The summed E-state index contributed by atoms with van der Waals surface area (Å²) in [5, 5.41) is 3.56. The molecule has 1 unspecified atom stereocenters. The van der Waals surface area contributed by atoms with E-state index in [9.17, 15) is 4.39 Å². The molecule has 0 bridgehead atoms. The molecule has 1 aromatic rings. The van der Waals surface area contributed by atoms with E-state index in [1.54, 1.807) is 6.07 Å². The number of halogens is 2. The highest BCUT2D eigenvalue weighted by molar-refractivity contribution is 6.30. The summed E-state index contributed by atoms with van der Waals surface area (Å²) in [6.45, 7) is 2.24. The van der Waals surface area contributed by atoms with Gasteiger partial charge < -0.3 is 10.2 Å². The first-order chi connectivity index (χ1) is 8.15. The van der Waals surface area contributed by atoms with Crippen LogP contribution < -0.4 is 5.32 Å². The first kappa shape index (κ1) is 12.7. The lowest BCUT2D eigenvalue weighted by molar-refractivity contribution is 0.348. The second-order valence-electron chi connectivity index (χ2n) is 4.70. The summed E-state index contributed by atoms with van der Waals surface area (Å²) in [4.78, 5) is 2.34. The van der Waals surface area contributed by atoms with Crippen molar-refractivity contribution in [1.29, 1.82) is 0 Å². The molecule has 4 heteroatoms. The maximum atomic E-state index is 13.3. The van der Waals surface area contributed by atoms with Crippen molar-refractivity contribution in [2.75, 3.05) is 25.5 Å². The highest BCUT2D eigenvalue weighted by Gasteiger charge is 2.14. The molecular weight excluding hydrogens is 239 g/mol. The van der Waals surface area contributed by atoms with Gasteiger partial charge in [-0.3, -0.25) is 0 Å². The standard InChI is InChI=1S/C13H18ClFN2/c1-17-7-2-3-10(6-8-17)16-11-4-5-12(14)13(15)9-11/h4-5,9-10,16H,2-3,6-8H2,1H3. The van der Waals surface area contributed by atoms with Crippen LogP contribution in [0.1, 0.15) is 19.3 Å². The largest absolute Gasteiger partial charge is 0.382 e. The Kier molecular flexibility index (Phi) is 4.24. The van der Waals surface area contributed by atoms with Gasteiger partial charge in [-0.1, -0.05) is 11.6 Å². The van der Waals surface area contributed by atoms with Gasteiger partial charge in [-0.15, -0.1) is 0 Å². The van der Waals surface area contributed by atoms with Crippen molar-refractivity contribution in [3.05, 3.63) is 29.0 Å². The second-order valence-corrected chi connectivity index (χ2v) is 5.11. The molecule has 1 fully saturated rings. The molecule has 0 aromatic heterocycles. The third-order valence-electron chi connectivity index (χ3n) is 3.24. The van der Waals surface area contributed by atoms with Crippen LogP contribution in [0.4, 0.5) is 10.1 Å². The van der Waals surface area contributed by atoms with Gasteiger partial charge in [0, 0.05) is 11.7 Å². The van der Waals surface area contributed by atoms with Crippen molar-refractivity contribution in [2.45, 2.75) is 25.3 Å². The van der Waals surface area contributed by atoms with Crippen LogP contribution in [0.15, 0.2) is 18.2 Å². The molecule has 0 aliphatic carbocycles. The molecule has 94 valence electrons. The number of hydrogen-bond acceptors (Lipinski definition) is 2. The van der Waals surface area contributed by atoms with Gasteiger partial charge in [-0.05, 0) is 57.6 Å². The van der Waals surface area contributed by atoms with E-state index < -0.39 is 0 Å². The number of rotatable bonds is 2. The Balaban J connectivity index is 1.97. The Hall–Kier alpha value is -0.800. The van der Waals surface area contributed by atoms with Crippen molar-refractivity contribution < 1.29 is 4.39 Å². The van der Waals surface area contributed by atoms with Crippen LogP contribution in [0.25, 0.3) is 0 Å². The van der Waals surface area contributed by atoms with Gasteiger partial charge in [0.2, 0.25) is 0 Å². The molecule has 0 saturated carbocycles. The van der Waals surface area contributed by atoms with Crippen molar-refractivity contribution in [3.8, 4) is 0 Å². The third kappa shape index (κ3) is 3.58. The van der Waals surface area contributed by atoms with Gasteiger partial charge in [-0.2, -0.15) is 0 Å². The fourth-order valence-corrected chi connectivity index (χ4v) is 2.32. The SMILES string of the molecule is CN1CCCC(Nc2ccc(Cl)c(F)c2)CC1. The van der Waals surface area contributed by atoms with Gasteiger partial charge in [0.05, 0.1) is 5.02 Å². The molecule has 1 saturated heterocycles. The maximum absolute atomic E-state index is 13.3. The number of benzene rings is 1. The maximum Gasteiger partial charge on any atom is 0.143 e. The highest BCUT2D eigenvalue weighted by Crippen LogP contribution is 2.21. The van der Waals surface area contributed by atoms with Gasteiger partial charge in [0.25, 0.3) is 0 Å². The monoisotopic (exact) mass is 256 g/mol. The average molecular weight is 257 g/mol. The van der Waals surface area contributed by atoms with Gasteiger partial charge in [0.15, 0.2) is 0 Å². The molecule has 1 aliphatic rings. The van der Waals surface area contributed by atoms with Crippen LogP contribution in [0, 0.1) is 5.82 Å². The number of anilines is 1. The lowest BCUT2D eigenvalue weighted by Crippen LogP contribution is -2.23. The molecule has 2 rings (SSSR count). The summed E-state index contributed by atoms with van der Waals surface area (Å²) in [7, 11) is 2.14. The molecule has 1 atom stereocenters. The van der Waals surface area contributed by atoms with E-state index >= 15 is 0 Å². The van der Waals surface area contributed by atoms with Crippen LogP contribution in [0.2, 0.25) is 5.02 Å². The summed E-state index contributed by atoms with van der Waals surface area (Å²) in [6, 6.07) is 5.33. The van der Waals surface area contributed by atoms with Crippen molar-refractivity contribution in [3.63, 3.8) is 0 Å². The van der Waals surface area contributed by atoms with Gasteiger partial charge in [0.1, 0.15) is 5.82 Å². The van der Waals surface area contributed by atoms with E-state index in [2.05, 4.69) is 17.3 Å². The Morgan fingerprint density at radius 1 is 1.35 bits per heavy atom. The summed E-state index contributed by atoms with van der Waals surface area (Å²) < 4.78 is 13.3. The highest BCUT2D eigenvalue weighted by atomic mass is 35.5. The van der Waals surface area contributed by atoms with Gasteiger partial charge in [-0.25, -0.2) is 4.39 Å². The predicted octanol–water partition coefficient (Wildman–Crippen LogP) is 3.38. The summed E-state index contributed by atoms with van der Waals surface area (Å²) >= 11 is 5.66. The molecular formula is C13H18ClFN2. The van der Waals surface area contributed by atoms with E-state index in [0.717, 1.165) is 31.6 Å². The minimum atomic E-state index is -0.359. The van der Waals surface area contributed by atoms with E-state index in [-0.39, 0.29) is 10.8 Å². The Bertz CT molecular complexity index is 384. The fraction of sp³-hybridized carbons (Fsp3) is 0.538. The molecule has 17 heavy (non-hydrogen) atoms. The topological polar surface area (TPSA) is 15.3 Å². The minimum Gasteiger partial charge on any atom is -0.382 e.